The summed E-state index contributed by atoms with van der Waals surface area (Å²) in [7, 11) is 0. The number of likely N-dealkylation sites (tertiary alicyclic amines) is 3. The third-order valence-corrected chi connectivity index (χ3v) is 23.6. The molecule has 3 saturated heterocycles. The van der Waals surface area contributed by atoms with Crippen molar-refractivity contribution in [1.29, 1.82) is 0 Å². The quantitative estimate of drug-likeness (QED) is 0.0236. The van der Waals surface area contributed by atoms with Crippen LogP contribution in [0.1, 0.15) is 451 Å². The zero-order valence-electron chi connectivity index (χ0n) is 89.4. The second-order valence-electron chi connectivity index (χ2n) is 33.1. The largest absolute Gasteiger partial charge is 0.356 e. The van der Waals surface area contributed by atoms with E-state index in [1.54, 1.807) is 32.5 Å². The van der Waals surface area contributed by atoms with Crippen LogP contribution in [-0.2, 0) is 105 Å². The van der Waals surface area contributed by atoms with Gasteiger partial charge in [0.05, 0.1) is 47.5 Å². The van der Waals surface area contributed by atoms with Crippen molar-refractivity contribution in [2.24, 2.45) is 23.7 Å². The zero-order chi connectivity index (χ0) is 104. The molecule has 0 aromatic rings. The maximum atomic E-state index is 12.3. The number of amides is 6. The van der Waals surface area contributed by atoms with Crippen LogP contribution in [0.3, 0.4) is 0 Å². The third kappa shape index (κ3) is 92.5. The smallest absolute Gasteiger partial charge is 0.243 e. The van der Waals surface area contributed by atoms with Gasteiger partial charge in [0.15, 0.2) is 5.78 Å². The summed E-state index contributed by atoms with van der Waals surface area (Å²) in [4.78, 5) is 204. The van der Waals surface area contributed by atoms with E-state index in [9.17, 15) is 86.3 Å². The van der Waals surface area contributed by atoms with Crippen LogP contribution in [0.5, 0.6) is 0 Å². The van der Waals surface area contributed by atoms with Gasteiger partial charge in [0.1, 0.15) is 77.2 Å². The summed E-state index contributed by atoms with van der Waals surface area (Å²) in [5.41, 5.74) is 0. The molecule has 0 N–H and O–H groups in total. The lowest BCUT2D eigenvalue weighted by atomic mass is 9.78. The molecular weight excluding hydrogens is 1750 g/mol. The van der Waals surface area contributed by atoms with Crippen molar-refractivity contribution in [2.45, 2.75) is 466 Å². The van der Waals surface area contributed by atoms with E-state index in [2.05, 4.69) is 55.4 Å². The number of imide groups is 3. The highest BCUT2D eigenvalue weighted by Gasteiger charge is 2.42. The van der Waals surface area contributed by atoms with Crippen LogP contribution in [0.15, 0.2) is 0 Å². The van der Waals surface area contributed by atoms with Gasteiger partial charge < -0.3 is 28.5 Å². The van der Waals surface area contributed by atoms with E-state index in [1.165, 1.54) is 105 Å². The maximum Gasteiger partial charge on any atom is 0.243 e. The number of unbranched alkanes of at least 4 members (excludes halogenated alkanes) is 3. The van der Waals surface area contributed by atoms with E-state index in [0.29, 0.717) is 125 Å². The number of hydrogen-bond acceptors (Lipinski definition) is 25. The fraction of sp³-hybridized carbons (Fsp3) is 0.829. The molecule has 0 spiro atoms. The molecule has 5 rings (SSSR count). The molecule has 5 fully saturated rings. The molecule has 3 heterocycles. The van der Waals surface area contributed by atoms with Gasteiger partial charge in [0, 0.05) is 141 Å². The molecule has 2 aliphatic carbocycles. The first-order valence-electron chi connectivity index (χ1n) is 51.0. The van der Waals surface area contributed by atoms with Crippen molar-refractivity contribution >= 4 is 140 Å². The summed E-state index contributed by atoms with van der Waals surface area (Å²) in [6.07, 6.45) is 33.9. The molecule has 6 amide bonds. The van der Waals surface area contributed by atoms with Crippen molar-refractivity contribution in [3.63, 3.8) is 0 Å². The molecule has 780 valence electrons. The number of carbonyl (C=O) groups excluding carboxylic acids is 18. The number of ketones is 12. The summed E-state index contributed by atoms with van der Waals surface area (Å²) in [5.74, 6) is 5.45. The Morgan fingerprint density at radius 1 is 0.316 bits per heavy atom. The summed E-state index contributed by atoms with van der Waals surface area (Å²) in [5, 5.41) is -0.778. The minimum Gasteiger partial charge on any atom is -0.356 e. The van der Waals surface area contributed by atoms with Crippen LogP contribution in [0, 0.1) is 23.7 Å². The molecule has 3 aliphatic heterocycles. The molecular formula is C105H195N3O22S3. The standard InChI is InChI=1S/C17H27NO3S.C12H22O.2C11H17NO3S.C9H16O4.C7H12O2.2C6H12O.C5H12O2.C5H10O.C5H12.C4H8O.C4H10.C3H8/c1-3-5-14(19)13-8-6-12(7-9-13)11-18-16(20)10-15(17(18)21)22-4-2;1-3-5-12(13)11-8-6-10(4-2)7-9-11;1-3-5-8(13)7-12-10(14)6-9(11(12)15)16-4-2;1-3-5-8(13)7-16-9-6-10(14)12(4-2)11(9)15;1-3-12-7-13-5-4-9(11)6-8(2)10;1-3-4-7(9)5-6(2)8;2*1-3-5-6(7)4-2;1-3-6-5-7-4-2;1-3-4-5(2)6;1-3-5-4-2;1-3-4(2)5;1-3-4-2;1-3-2/h12-13,15H,3-11H2,1-2H3;10-11H,3-9H2,1-2H3;2*9H,3-7H2,1-2H3;3-7H2,1-2H3;3-5H2,1-2H3;3*3-5H2,1-2H3;3-4H2,1-2H3;3-5H2,1-2H3;3H2,1-2H3;3-4H2,1-2H3;3H2,1-2H3. The second-order valence-corrected chi connectivity index (χ2v) is 37.3. The number of rotatable bonds is 51. The fourth-order valence-electron chi connectivity index (χ4n) is 12.5. The highest BCUT2D eigenvalue weighted by molar-refractivity contribution is 8.01. The molecule has 0 radical (unpaired) electrons. The van der Waals surface area contributed by atoms with Crippen LogP contribution in [-0.4, -0.2) is 212 Å². The first kappa shape index (κ1) is 145. The molecule has 2 saturated carbocycles. The lowest BCUT2D eigenvalue weighted by Crippen LogP contribution is -2.37. The first-order valence-corrected chi connectivity index (χ1v) is 54.1. The third-order valence-electron chi connectivity index (χ3n) is 20.2. The van der Waals surface area contributed by atoms with Gasteiger partial charge in [-0.05, 0) is 181 Å². The molecule has 28 heteroatoms. The minimum atomic E-state index is -0.340. The van der Waals surface area contributed by atoms with E-state index in [1.807, 2.05) is 104 Å². The van der Waals surface area contributed by atoms with Crippen molar-refractivity contribution in [3.05, 3.63) is 0 Å². The Kier molecular flexibility index (Phi) is 115. The SMILES string of the molecule is CCC.CCC(C)=O.CCCC.CCCC(=O)C1CCC(CC)CC1.CCCC(=O)C1CCC(CN2C(=O)CC(SCC)C2=O)CC1.CCCC(=O)CC.CCCC(=O)CC.CCCC(=O)CC(C)=O.CCCC(=O)CN1C(=O)CC(SCC)C1=O.CCCC(=O)CSC1CC(=O)N(CC)C1=O.CCCC(C)=O.CCCCC.CCOCOCC.CCOCOCCC(=O)CC(C)=O. The van der Waals surface area contributed by atoms with E-state index < -0.39 is 0 Å². The Balaban J connectivity index is -0.000000184. The minimum absolute atomic E-state index is 0.000956. The van der Waals surface area contributed by atoms with Gasteiger partial charge in [-0.1, -0.05) is 183 Å². The number of nitrogens with zero attached hydrogens (tertiary/aromatic N) is 3. The van der Waals surface area contributed by atoms with Gasteiger partial charge in [0.25, 0.3) is 0 Å². The van der Waals surface area contributed by atoms with Crippen LogP contribution in [0.2, 0.25) is 0 Å². The summed E-state index contributed by atoms with van der Waals surface area (Å²) >= 11 is 4.34. The van der Waals surface area contributed by atoms with Crippen molar-refractivity contribution in [1.82, 2.24) is 14.7 Å². The Morgan fingerprint density at radius 2 is 0.639 bits per heavy atom. The van der Waals surface area contributed by atoms with Crippen LogP contribution < -0.4 is 0 Å². The predicted octanol–water partition coefficient (Wildman–Crippen LogP) is 23.7. The zero-order valence-corrected chi connectivity index (χ0v) is 91.8. The number of Topliss-reactive ketones (excluding diaryl/α,β-unsaturated/α-hetero) is 12. The molecule has 133 heavy (non-hydrogen) atoms. The number of thioether (sulfide) groups is 3. The topological polar surface area (TPSA) is 354 Å². The Morgan fingerprint density at radius 3 is 0.932 bits per heavy atom. The molecule has 3 atom stereocenters. The van der Waals surface area contributed by atoms with Gasteiger partial charge in [-0.25, -0.2) is 0 Å². The number of carbonyl (C=O) groups is 18. The fourth-order valence-corrected chi connectivity index (χ4v) is 15.4. The first-order chi connectivity index (χ1) is 63.2. The van der Waals surface area contributed by atoms with E-state index >= 15 is 0 Å². The van der Waals surface area contributed by atoms with Gasteiger partial charge in [-0.3, -0.25) is 91.4 Å². The summed E-state index contributed by atoms with van der Waals surface area (Å²) in [6, 6.07) is 0. The Bertz CT molecular complexity index is 3010. The van der Waals surface area contributed by atoms with E-state index in [4.69, 9.17) is 18.9 Å². The van der Waals surface area contributed by atoms with Crippen LogP contribution in [0.25, 0.3) is 0 Å². The number of hydrogen-bond donors (Lipinski definition) is 0. The Labute approximate surface area is 822 Å². The molecule has 0 aromatic heterocycles. The molecule has 25 nitrogen and oxygen atoms in total. The number of ether oxygens (including phenoxy) is 4. The molecule has 5 aliphatic rings. The van der Waals surface area contributed by atoms with Crippen molar-refractivity contribution < 1.29 is 105 Å². The normalized spacial score (nSPS) is 17.0. The van der Waals surface area contributed by atoms with Crippen molar-refractivity contribution in [3.8, 4) is 0 Å². The Hall–Kier alpha value is -5.65. The van der Waals surface area contributed by atoms with Crippen LogP contribution in [0.4, 0.5) is 0 Å². The van der Waals surface area contributed by atoms with Crippen molar-refractivity contribution in [2.75, 3.05) is 76.9 Å². The van der Waals surface area contributed by atoms with Gasteiger partial charge in [-0.15, -0.1) is 35.3 Å². The van der Waals surface area contributed by atoms with Gasteiger partial charge in [-0.2, -0.15) is 0 Å². The van der Waals surface area contributed by atoms with E-state index in [-0.39, 0.29) is 149 Å². The van der Waals surface area contributed by atoms with Crippen LogP contribution >= 0.6 is 35.3 Å². The highest BCUT2D eigenvalue weighted by atomic mass is 32.2. The second kappa shape index (κ2) is 105. The average Bonchev–Trinajstić information content (AvgIpc) is 1.67. The molecule has 0 aromatic carbocycles. The highest BCUT2D eigenvalue weighted by Crippen LogP contribution is 2.35. The molecule has 3 unspecified atom stereocenters. The predicted molar refractivity (Wildman–Crippen MR) is 550 cm³/mol. The van der Waals surface area contributed by atoms with E-state index in [0.717, 1.165) is 151 Å². The lowest BCUT2D eigenvalue weighted by Gasteiger charge is -2.30. The summed E-state index contributed by atoms with van der Waals surface area (Å²) in [6.45, 7) is 58.4. The monoisotopic (exact) mass is 1950 g/mol. The average molecular weight is 1950 g/mol. The lowest BCUT2D eigenvalue weighted by molar-refractivity contribution is -0.142. The molecule has 0 bridgehead atoms. The van der Waals surface area contributed by atoms with Gasteiger partial charge >= 0.3 is 0 Å². The van der Waals surface area contributed by atoms with Gasteiger partial charge in [0.2, 0.25) is 35.4 Å². The summed E-state index contributed by atoms with van der Waals surface area (Å²) < 4.78 is 19.6. The maximum absolute atomic E-state index is 12.3.